The van der Waals surface area contributed by atoms with Gasteiger partial charge in [0.15, 0.2) is 11.5 Å². The van der Waals surface area contributed by atoms with Crippen LogP contribution >= 0.6 is 15.9 Å². The van der Waals surface area contributed by atoms with Crippen LogP contribution in [-0.4, -0.2) is 28.1 Å². The predicted molar refractivity (Wildman–Crippen MR) is 67.4 cm³/mol. The zero-order chi connectivity index (χ0) is 11.5. The molecule has 88 valence electrons. The number of hydrogen-bond donors (Lipinski definition) is 3. The van der Waals surface area contributed by atoms with E-state index in [9.17, 15) is 10.2 Å². The molecule has 0 aromatic heterocycles. The molecule has 2 rings (SSSR count). The summed E-state index contributed by atoms with van der Waals surface area (Å²) in [6.07, 6.45) is 2.98. The van der Waals surface area contributed by atoms with Gasteiger partial charge in [0.25, 0.3) is 0 Å². The molecular formula is C12H16BrNO2. The molecule has 1 atom stereocenters. The highest BCUT2D eigenvalue weighted by Gasteiger charge is 2.19. The number of rotatable bonds is 3. The number of phenols is 2. The van der Waals surface area contributed by atoms with Gasteiger partial charge < -0.3 is 15.5 Å². The topological polar surface area (TPSA) is 52.5 Å². The highest BCUT2D eigenvalue weighted by Crippen LogP contribution is 2.32. The van der Waals surface area contributed by atoms with Gasteiger partial charge in [-0.25, -0.2) is 0 Å². The summed E-state index contributed by atoms with van der Waals surface area (Å²) >= 11 is 3.39. The monoisotopic (exact) mass is 285 g/mol. The van der Waals surface area contributed by atoms with E-state index in [0.717, 1.165) is 42.3 Å². The lowest BCUT2D eigenvalue weighted by atomic mass is 9.88. The normalized spacial score (nSPS) is 19.4. The second kappa shape index (κ2) is 5.06. The number of fused-ring (bicyclic) bond motifs is 1. The first-order chi connectivity index (χ1) is 7.70. The Balaban J connectivity index is 2.11. The number of aryl methyl sites for hydroxylation is 1. The highest BCUT2D eigenvalue weighted by atomic mass is 79.9. The Kier molecular flexibility index (Phi) is 3.71. The fraction of sp³-hybridized carbons (Fsp3) is 0.500. The van der Waals surface area contributed by atoms with Crippen LogP contribution in [0.1, 0.15) is 17.5 Å². The molecule has 0 saturated heterocycles. The maximum absolute atomic E-state index is 9.46. The van der Waals surface area contributed by atoms with Crippen LogP contribution in [0.5, 0.6) is 11.5 Å². The summed E-state index contributed by atoms with van der Waals surface area (Å²) in [5, 5.41) is 23.3. The molecule has 1 aromatic rings. The molecule has 3 nitrogen and oxygen atoms in total. The second-order valence-electron chi connectivity index (χ2n) is 4.19. The molecule has 1 unspecified atom stereocenters. The molecular weight excluding hydrogens is 270 g/mol. The number of nitrogens with one attached hydrogen (secondary N) is 1. The number of phenolic OH excluding ortho intramolecular Hbond substituents is 2. The largest absolute Gasteiger partial charge is 0.504 e. The van der Waals surface area contributed by atoms with Crippen LogP contribution in [0.3, 0.4) is 0 Å². The number of hydrogen-bond acceptors (Lipinski definition) is 3. The van der Waals surface area contributed by atoms with E-state index < -0.39 is 0 Å². The summed E-state index contributed by atoms with van der Waals surface area (Å²) in [4.78, 5) is 0. The second-order valence-corrected chi connectivity index (χ2v) is 4.99. The third kappa shape index (κ3) is 2.50. The van der Waals surface area contributed by atoms with E-state index in [0.29, 0.717) is 6.04 Å². The van der Waals surface area contributed by atoms with Crippen molar-refractivity contribution >= 4 is 15.9 Å². The van der Waals surface area contributed by atoms with Crippen molar-refractivity contribution in [1.82, 2.24) is 5.32 Å². The van der Waals surface area contributed by atoms with E-state index >= 15 is 0 Å². The number of aromatic hydroxyl groups is 2. The van der Waals surface area contributed by atoms with Gasteiger partial charge in [-0.1, -0.05) is 15.9 Å². The van der Waals surface area contributed by atoms with Gasteiger partial charge in [0.2, 0.25) is 0 Å². The van der Waals surface area contributed by atoms with E-state index in [2.05, 4.69) is 21.2 Å². The molecule has 1 aliphatic carbocycles. The van der Waals surface area contributed by atoms with Crippen LogP contribution in [0.15, 0.2) is 12.1 Å². The zero-order valence-corrected chi connectivity index (χ0v) is 10.6. The molecule has 0 radical (unpaired) electrons. The van der Waals surface area contributed by atoms with E-state index in [1.165, 1.54) is 0 Å². The summed E-state index contributed by atoms with van der Waals surface area (Å²) in [6.45, 7) is 0.962. The summed E-state index contributed by atoms with van der Waals surface area (Å²) in [5.41, 5.74) is 2.31. The van der Waals surface area contributed by atoms with E-state index in [4.69, 9.17) is 0 Å². The summed E-state index contributed by atoms with van der Waals surface area (Å²) in [5.74, 6) is -0.0227. The average Bonchev–Trinajstić information content (AvgIpc) is 2.28. The fourth-order valence-electron chi connectivity index (χ4n) is 2.22. The molecule has 1 aliphatic rings. The van der Waals surface area contributed by atoms with Crippen molar-refractivity contribution in [3.63, 3.8) is 0 Å². The van der Waals surface area contributed by atoms with Crippen LogP contribution in [0.4, 0.5) is 0 Å². The first kappa shape index (κ1) is 11.7. The molecule has 1 aromatic carbocycles. The minimum absolute atomic E-state index is 0.00869. The molecule has 3 N–H and O–H groups in total. The lowest BCUT2D eigenvalue weighted by molar-refractivity contribution is 0.399. The molecule has 0 aliphatic heterocycles. The molecule has 16 heavy (non-hydrogen) atoms. The molecule has 0 fully saturated rings. The standard InChI is InChI=1S/C12H16BrNO2/c13-3-4-14-10-2-1-8-6-11(15)12(16)7-9(8)5-10/h6-7,10,14-16H,1-5H2. The Morgan fingerprint density at radius 3 is 2.62 bits per heavy atom. The molecule has 0 heterocycles. The third-order valence-electron chi connectivity index (χ3n) is 3.05. The van der Waals surface area contributed by atoms with Crippen molar-refractivity contribution in [2.75, 3.05) is 11.9 Å². The van der Waals surface area contributed by atoms with Crippen molar-refractivity contribution in [1.29, 1.82) is 0 Å². The van der Waals surface area contributed by atoms with Crippen LogP contribution in [-0.2, 0) is 12.8 Å². The Hall–Kier alpha value is -0.740. The van der Waals surface area contributed by atoms with Gasteiger partial charge in [0.1, 0.15) is 0 Å². The Morgan fingerprint density at radius 2 is 1.94 bits per heavy atom. The summed E-state index contributed by atoms with van der Waals surface area (Å²) in [6, 6.07) is 3.85. The Labute approximate surface area is 104 Å². The summed E-state index contributed by atoms with van der Waals surface area (Å²) < 4.78 is 0. The van der Waals surface area contributed by atoms with Gasteiger partial charge in [0, 0.05) is 17.9 Å². The van der Waals surface area contributed by atoms with Gasteiger partial charge in [-0.3, -0.25) is 0 Å². The first-order valence-electron chi connectivity index (χ1n) is 5.54. The minimum atomic E-state index is -0.0140. The number of benzene rings is 1. The SMILES string of the molecule is Oc1cc2c(cc1O)CC(NCCBr)CC2. The maximum atomic E-state index is 9.46. The molecule has 0 amide bonds. The van der Waals surface area contributed by atoms with Crippen molar-refractivity contribution in [3.05, 3.63) is 23.3 Å². The van der Waals surface area contributed by atoms with E-state index in [1.807, 2.05) is 0 Å². The van der Waals surface area contributed by atoms with Gasteiger partial charge >= 0.3 is 0 Å². The predicted octanol–water partition coefficient (Wildman–Crippen LogP) is 1.94. The lowest BCUT2D eigenvalue weighted by Crippen LogP contribution is -2.35. The van der Waals surface area contributed by atoms with Crippen molar-refractivity contribution in [2.24, 2.45) is 0 Å². The van der Waals surface area contributed by atoms with Crippen LogP contribution in [0.25, 0.3) is 0 Å². The van der Waals surface area contributed by atoms with E-state index in [1.54, 1.807) is 12.1 Å². The molecule has 0 bridgehead atoms. The van der Waals surface area contributed by atoms with Crippen LogP contribution in [0, 0.1) is 0 Å². The van der Waals surface area contributed by atoms with Crippen molar-refractivity contribution in [2.45, 2.75) is 25.3 Å². The lowest BCUT2D eigenvalue weighted by Gasteiger charge is -2.25. The molecule has 4 heteroatoms. The molecule has 0 spiro atoms. The van der Waals surface area contributed by atoms with Crippen molar-refractivity contribution < 1.29 is 10.2 Å². The maximum Gasteiger partial charge on any atom is 0.157 e. The van der Waals surface area contributed by atoms with Crippen LogP contribution < -0.4 is 5.32 Å². The minimum Gasteiger partial charge on any atom is -0.504 e. The fourth-order valence-corrected chi connectivity index (χ4v) is 2.45. The van der Waals surface area contributed by atoms with Gasteiger partial charge in [-0.05, 0) is 42.5 Å². The highest BCUT2D eigenvalue weighted by molar-refractivity contribution is 9.09. The smallest absolute Gasteiger partial charge is 0.157 e. The Morgan fingerprint density at radius 1 is 1.25 bits per heavy atom. The number of alkyl halides is 1. The van der Waals surface area contributed by atoms with Gasteiger partial charge in [-0.2, -0.15) is 0 Å². The third-order valence-corrected chi connectivity index (χ3v) is 3.45. The van der Waals surface area contributed by atoms with Gasteiger partial charge in [-0.15, -0.1) is 0 Å². The van der Waals surface area contributed by atoms with Gasteiger partial charge in [0.05, 0.1) is 0 Å². The summed E-state index contributed by atoms with van der Waals surface area (Å²) in [7, 11) is 0. The van der Waals surface area contributed by atoms with E-state index in [-0.39, 0.29) is 11.5 Å². The van der Waals surface area contributed by atoms with Crippen molar-refractivity contribution in [3.8, 4) is 11.5 Å². The van der Waals surface area contributed by atoms with Crippen LogP contribution in [0.2, 0.25) is 0 Å². The quantitative estimate of drug-likeness (QED) is 0.588. The Bertz CT molecular complexity index is 382. The zero-order valence-electron chi connectivity index (χ0n) is 9.04. The molecule has 0 saturated carbocycles. The average molecular weight is 286 g/mol. The number of halogens is 1. The first-order valence-corrected chi connectivity index (χ1v) is 6.66.